The maximum Gasteiger partial charge on any atom is 0.165 e. The Morgan fingerprint density at radius 2 is 1.65 bits per heavy atom. The summed E-state index contributed by atoms with van der Waals surface area (Å²) in [7, 11) is 0. The minimum atomic E-state index is 0.176. The highest BCUT2D eigenvalue weighted by molar-refractivity contribution is 6.01. The molecule has 0 spiro atoms. The average molecular weight is 263 g/mol. The fourth-order valence-electron chi connectivity index (χ4n) is 3.58. The number of fused-ring (bicyclic) bond motifs is 2. The molecule has 0 amide bonds. The van der Waals surface area contributed by atoms with Gasteiger partial charge in [0.25, 0.3) is 0 Å². The molecule has 0 saturated heterocycles. The van der Waals surface area contributed by atoms with Crippen LogP contribution in [0.3, 0.4) is 0 Å². The largest absolute Gasteiger partial charge is 0.303 e. The first-order valence-corrected chi connectivity index (χ1v) is 7.29. The molecule has 1 N–H and O–H groups in total. The zero-order valence-electron chi connectivity index (χ0n) is 11.3. The molecule has 2 aromatic carbocycles. The molecule has 2 heteroatoms. The molecule has 4 rings (SSSR count). The van der Waals surface area contributed by atoms with Crippen LogP contribution in [0, 0.1) is 0 Å². The van der Waals surface area contributed by atoms with Crippen LogP contribution in [-0.2, 0) is 6.42 Å². The lowest BCUT2D eigenvalue weighted by Crippen LogP contribution is -2.23. The van der Waals surface area contributed by atoms with Gasteiger partial charge in [-0.25, -0.2) is 0 Å². The van der Waals surface area contributed by atoms with E-state index in [0.29, 0.717) is 12.5 Å². The summed E-state index contributed by atoms with van der Waals surface area (Å²) >= 11 is 0. The third-order valence-electron chi connectivity index (χ3n) is 4.56. The van der Waals surface area contributed by atoms with Gasteiger partial charge in [0.15, 0.2) is 5.78 Å². The van der Waals surface area contributed by atoms with E-state index in [-0.39, 0.29) is 11.8 Å². The number of rotatable bonds is 2. The molecule has 0 aliphatic heterocycles. The van der Waals surface area contributed by atoms with E-state index in [0.717, 1.165) is 18.4 Å². The predicted molar refractivity (Wildman–Crippen MR) is 78.8 cm³/mol. The van der Waals surface area contributed by atoms with Crippen LogP contribution in [0.15, 0.2) is 48.5 Å². The van der Waals surface area contributed by atoms with Crippen molar-refractivity contribution in [2.24, 2.45) is 0 Å². The number of Topliss-reactive ketones (excluding diaryl/α,β-unsaturated/α-hetero) is 1. The molecule has 0 radical (unpaired) electrons. The molecule has 2 aliphatic carbocycles. The van der Waals surface area contributed by atoms with Crippen molar-refractivity contribution in [2.75, 3.05) is 0 Å². The molecule has 0 fully saturated rings. The molecule has 100 valence electrons. The Morgan fingerprint density at radius 3 is 2.55 bits per heavy atom. The lowest BCUT2D eigenvalue weighted by Gasteiger charge is -2.20. The summed E-state index contributed by atoms with van der Waals surface area (Å²) in [5.41, 5.74) is 4.92. The van der Waals surface area contributed by atoms with Crippen LogP contribution in [0.5, 0.6) is 0 Å². The van der Waals surface area contributed by atoms with Gasteiger partial charge in [0, 0.05) is 24.1 Å². The van der Waals surface area contributed by atoms with E-state index in [1.807, 2.05) is 18.2 Å². The number of ketones is 1. The first-order chi connectivity index (χ1) is 9.83. The second-order valence-electron chi connectivity index (χ2n) is 5.72. The molecule has 2 atom stereocenters. The molecule has 2 aromatic rings. The van der Waals surface area contributed by atoms with Gasteiger partial charge in [0.05, 0.1) is 0 Å². The maximum absolute atomic E-state index is 12.1. The Hall–Kier alpha value is -1.93. The SMILES string of the molecule is O=C1C[C@H](N[C@@H]2CCc3ccccc32)c2ccccc21. The summed E-state index contributed by atoms with van der Waals surface area (Å²) in [4.78, 5) is 12.1. The second kappa shape index (κ2) is 4.57. The molecule has 2 nitrogen and oxygen atoms in total. The number of nitrogens with one attached hydrogen (secondary N) is 1. The number of aryl methyl sites for hydroxylation is 1. The van der Waals surface area contributed by atoms with E-state index in [2.05, 4.69) is 35.6 Å². The molecular weight excluding hydrogens is 246 g/mol. The van der Waals surface area contributed by atoms with Crippen LogP contribution in [0.4, 0.5) is 0 Å². The van der Waals surface area contributed by atoms with Crippen LogP contribution in [0.1, 0.15) is 52.0 Å². The second-order valence-corrected chi connectivity index (χ2v) is 5.72. The molecule has 0 heterocycles. The zero-order chi connectivity index (χ0) is 13.5. The van der Waals surface area contributed by atoms with Gasteiger partial charge in [-0.15, -0.1) is 0 Å². The smallest absolute Gasteiger partial charge is 0.165 e. The third-order valence-corrected chi connectivity index (χ3v) is 4.56. The van der Waals surface area contributed by atoms with Crippen molar-refractivity contribution in [2.45, 2.75) is 31.3 Å². The third kappa shape index (κ3) is 1.80. The number of carbonyl (C=O) groups excluding carboxylic acids is 1. The highest BCUT2D eigenvalue weighted by atomic mass is 16.1. The van der Waals surface area contributed by atoms with E-state index >= 15 is 0 Å². The standard InChI is InChI=1S/C18H17NO/c20-18-11-17(14-7-3-4-8-15(14)18)19-16-10-9-12-5-1-2-6-13(12)16/h1-8,16-17,19H,9-11H2/t16-,17+/m1/s1. The summed E-state index contributed by atoms with van der Waals surface area (Å²) in [5.74, 6) is 0.268. The molecule has 0 bridgehead atoms. The van der Waals surface area contributed by atoms with Crippen molar-refractivity contribution in [3.8, 4) is 0 Å². The Bertz CT molecular complexity index is 677. The lowest BCUT2D eigenvalue weighted by molar-refractivity contribution is 0.0984. The van der Waals surface area contributed by atoms with Gasteiger partial charge in [0.2, 0.25) is 0 Å². The summed E-state index contributed by atoms with van der Waals surface area (Å²) in [6, 6.07) is 17.2. The van der Waals surface area contributed by atoms with E-state index in [1.54, 1.807) is 0 Å². The summed E-state index contributed by atoms with van der Waals surface area (Å²) < 4.78 is 0. The molecule has 0 unspecified atom stereocenters. The normalized spacial score (nSPS) is 23.7. The van der Waals surface area contributed by atoms with Crippen LogP contribution < -0.4 is 5.32 Å². The topological polar surface area (TPSA) is 29.1 Å². The van der Waals surface area contributed by atoms with Crippen molar-refractivity contribution in [1.29, 1.82) is 0 Å². The Balaban J connectivity index is 1.62. The number of carbonyl (C=O) groups is 1. The minimum absolute atomic E-state index is 0.176. The van der Waals surface area contributed by atoms with E-state index in [9.17, 15) is 4.79 Å². The zero-order valence-corrected chi connectivity index (χ0v) is 11.3. The number of benzene rings is 2. The fourth-order valence-corrected chi connectivity index (χ4v) is 3.58. The maximum atomic E-state index is 12.1. The van der Waals surface area contributed by atoms with Crippen molar-refractivity contribution < 1.29 is 4.79 Å². The molecular formula is C18H17NO. The number of hydrogen-bond acceptors (Lipinski definition) is 2. The van der Waals surface area contributed by atoms with Crippen LogP contribution >= 0.6 is 0 Å². The number of hydrogen-bond donors (Lipinski definition) is 1. The molecule has 2 aliphatic rings. The van der Waals surface area contributed by atoms with Gasteiger partial charge < -0.3 is 5.32 Å². The summed E-state index contributed by atoms with van der Waals surface area (Å²) in [6.45, 7) is 0. The van der Waals surface area contributed by atoms with Crippen molar-refractivity contribution in [3.63, 3.8) is 0 Å². The lowest BCUT2D eigenvalue weighted by atomic mass is 10.0. The molecule has 0 saturated carbocycles. The van der Waals surface area contributed by atoms with Crippen molar-refractivity contribution >= 4 is 5.78 Å². The fraction of sp³-hybridized carbons (Fsp3) is 0.278. The van der Waals surface area contributed by atoms with Gasteiger partial charge in [0.1, 0.15) is 0 Å². The van der Waals surface area contributed by atoms with Gasteiger partial charge >= 0.3 is 0 Å². The highest BCUT2D eigenvalue weighted by Gasteiger charge is 2.32. The predicted octanol–water partition coefficient (Wildman–Crippen LogP) is 3.59. The van der Waals surface area contributed by atoms with Gasteiger partial charge in [-0.05, 0) is 29.5 Å². The minimum Gasteiger partial charge on any atom is -0.303 e. The quantitative estimate of drug-likeness (QED) is 0.897. The Kier molecular flexibility index (Phi) is 2.71. The van der Waals surface area contributed by atoms with E-state index in [1.165, 1.54) is 16.7 Å². The summed E-state index contributed by atoms with van der Waals surface area (Å²) in [6.07, 6.45) is 2.86. The first-order valence-electron chi connectivity index (χ1n) is 7.29. The summed E-state index contributed by atoms with van der Waals surface area (Å²) in [5, 5.41) is 3.70. The van der Waals surface area contributed by atoms with Gasteiger partial charge in [-0.3, -0.25) is 4.79 Å². The molecule has 0 aromatic heterocycles. The monoisotopic (exact) mass is 263 g/mol. The first kappa shape index (κ1) is 11.9. The average Bonchev–Trinajstić information content (AvgIpc) is 3.03. The van der Waals surface area contributed by atoms with Crippen molar-refractivity contribution in [3.05, 3.63) is 70.8 Å². The Labute approximate surface area is 118 Å². The van der Waals surface area contributed by atoms with E-state index < -0.39 is 0 Å². The van der Waals surface area contributed by atoms with Crippen LogP contribution in [-0.4, -0.2) is 5.78 Å². The van der Waals surface area contributed by atoms with Gasteiger partial charge in [-0.1, -0.05) is 48.5 Å². The Morgan fingerprint density at radius 1 is 0.900 bits per heavy atom. The van der Waals surface area contributed by atoms with E-state index in [4.69, 9.17) is 0 Å². The van der Waals surface area contributed by atoms with Crippen LogP contribution in [0.2, 0.25) is 0 Å². The highest BCUT2D eigenvalue weighted by Crippen LogP contribution is 2.37. The molecule has 20 heavy (non-hydrogen) atoms. The van der Waals surface area contributed by atoms with Gasteiger partial charge in [-0.2, -0.15) is 0 Å². The van der Waals surface area contributed by atoms with Crippen LogP contribution in [0.25, 0.3) is 0 Å². The van der Waals surface area contributed by atoms with Crippen molar-refractivity contribution in [1.82, 2.24) is 5.32 Å².